The van der Waals surface area contributed by atoms with E-state index in [1.54, 1.807) is 0 Å². The van der Waals surface area contributed by atoms with Crippen LogP contribution in [0.1, 0.15) is 19.3 Å². The van der Waals surface area contributed by atoms with Gasteiger partial charge in [-0.3, -0.25) is 4.79 Å². The fourth-order valence-electron chi connectivity index (χ4n) is 1.10. The molecule has 0 heterocycles. The van der Waals surface area contributed by atoms with E-state index in [0.717, 1.165) is 6.42 Å². The Kier molecular flexibility index (Phi) is 2.33. The van der Waals surface area contributed by atoms with Gasteiger partial charge in [0.15, 0.2) is 5.78 Å². The number of alkyl halides is 1. The SMILES string of the molecule is O=C1CCC/C1=C(/O)CCl. The molecule has 1 rings (SSSR count). The van der Waals surface area contributed by atoms with Crippen LogP contribution in [0.25, 0.3) is 0 Å². The highest BCUT2D eigenvalue weighted by molar-refractivity contribution is 6.19. The molecule has 0 atom stereocenters. The zero-order valence-corrected chi connectivity index (χ0v) is 6.32. The van der Waals surface area contributed by atoms with Crippen LogP contribution in [0.2, 0.25) is 0 Å². The summed E-state index contributed by atoms with van der Waals surface area (Å²) in [5.74, 6) is 0.170. The molecule has 56 valence electrons. The second-order valence-corrected chi connectivity index (χ2v) is 2.60. The van der Waals surface area contributed by atoms with Gasteiger partial charge in [-0.1, -0.05) is 0 Å². The van der Waals surface area contributed by atoms with Crippen LogP contribution in [0, 0.1) is 0 Å². The fourth-order valence-corrected chi connectivity index (χ4v) is 1.26. The minimum absolute atomic E-state index is 0.0538. The summed E-state index contributed by atoms with van der Waals surface area (Å²) in [4.78, 5) is 10.9. The Labute approximate surface area is 64.5 Å². The summed E-state index contributed by atoms with van der Waals surface area (Å²) in [5.41, 5.74) is 0.537. The maximum absolute atomic E-state index is 10.9. The van der Waals surface area contributed by atoms with Crippen molar-refractivity contribution in [1.82, 2.24) is 0 Å². The zero-order chi connectivity index (χ0) is 7.56. The number of carbonyl (C=O) groups excluding carboxylic acids is 1. The second kappa shape index (κ2) is 3.06. The first-order valence-corrected chi connectivity index (χ1v) is 3.79. The van der Waals surface area contributed by atoms with Crippen molar-refractivity contribution in [2.45, 2.75) is 19.3 Å². The molecule has 0 spiro atoms. The summed E-state index contributed by atoms with van der Waals surface area (Å²) in [6.45, 7) is 0. The van der Waals surface area contributed by atoms with E-state index in [0.29, 0.717) is 18.4 Å². The first-order chi connectivity index (χ1) is 4.75. The largest absolute Gasteiger partial charge is 0.511 e. The van der Waals surface area contributed by atoms with Crippen LogP contribution in [-0.2, 0) is 4.79 Å². The van der Waals surface area contributed by atoms with E-state index in [2.05, 4.69) is 0 Å². The molecule has 0 bridgehead atoms. The Morgan fingerprint density at radius 2 is 2.30 bits per heavy atom. The molecule has 1 aliphatic rings. The normalized spacial score (nSPS) is 23.5. The van der Waals surface area contributed by atoms with Crippen molar-refractivity contribution in [2.24, 2.45) is 0 Å². The number of halogens is 1. The van der Waals surface area contributed by atoms with Crippen LogP contribution in [0.4, 0.5) is 0 Å². The Morgan fingerprint density at radius 1 is 1.60 bits per heavy atom. The second-order valence-electron chi connectivity index (χ2n) is 2.34. The smallest absolute Gasteiger partial charge is 0.162 e. The standard InChI is InChI=1S/C7H9ClO2/c8-4-7(10)5-2-1-3-6(5)9/h10H,1-4H2/b7-5-. The van der Waals surface area contributed by atoms with Gasteiger partial charge in [0.05, 0.1) is 5.88 Å². The van der Waals surface area contributed by atoms with Gasteiger partial charge in [0.25, 0.3) is 0 Å². The number of allylic oxidation sites excluding steroid dienone is 2. The van der Waals surface area contributed by atoms with Gasteiger partial charge in [0.1, 0.15) is 5.76 Å². The molecule has 2 nitrogen and oxygen atoms in total. The lowest BCUT2D eigenvalue weighted by molar-refractivity contribution is -0.114. The quantitative estimate of drug-likeness (QED) is 0.361. The van der Waals surface area contributed by atoms with Crippen LogP contribution < -0.4 is 0 Å². The summed E-state index contributed by atoms with van der Waals surface area (Å²) in [7, 11) is 0. The van der Waals surface area contributed by atoms with E-state index in [1.807, 2.05) is 0 Å². The number of aliphatic hydroxyl groups excluding tert-OH is 1. The van der Waals surface area contributed by atoms with Crippen molar-refractivity contribution in [3.8, 4) is 0 Å². The molecule has 1 N–H and O–H groups in total. The lowest BCUT2D eigenvalue weighted by Crippen LogP contribution is -1.97. The van der Waals surface area contributed by atoms with Gasteiger partial charge < -0.3 is 5.11 Å². The minimum atomic E-state index is 0.0538. The van der Waals surface area contributed by atoms with Gasteiger partial charge >= 0.3 is 0 Å². The monoisotopic (exact) mass is 160 g/mol. The first kappa shape index (κ1) is 7.61. The molecule has 0 aromatic heterocycles. The predicted octanol–water partition coefficient (Wildman–Crippen LogP) is 1.79. The molecule has 0 aliphatic heterocycles. The molecule has 1 saturated carbocycles. The van der Waals surface area contributed by atoms with Crippen LogP contribution in [0.5, 0.6) is 0 Å². The third-order valence-electron chi connectivity index (χ3n) is 1.64. The Bertz CT molecular complexity index is 184. The summed E-state index contributed by atoms with van der Waals surface area (Å²) in [6.07, 6.45) is 2.11. The summed E-state index contributed by atoms with van der Waals surface area (Å²) in [6, 6.07) is 0. The highest BCUT2D eigenvalue weighted by Gasteiger charge is 2.20. The van der Waals surface area contributed by atoms with Crippen molar-refractivity contribution < 1.29 is 9.90 Å². The molecule has 1 aliphatic carbocycles. The zero-order valence-electron chi connectivity index (χ0n) is 5.56. The average molecular weight is 161 g/mol. The maximum Gasteiger partial charge on any atom is 0.162 e. The van der Waals surface area contributed by atoms with Crippen molar-refractivity contribution in [2.75, 3.05) is 5.88 Å². The molecule has 3 heteroatoms. The molecule has 0 radical (unpaired) electrons. The van der Waals surface area contributed by atoms with Crippen molar-refractivity contribution >= 4 is 17.4 Å². The van der Waals surface area contributed by atoms with E-state index in [4.69, 9.17) is 16.7 Å². The van der Waals surface area contributed by atoms with E-state index < -0.39 is 0 Å². The molecule has 0 aromatic rings. The average Bonchev–Trinajstić information content (AvgIpc) is 2.34. The molecule has 10 heavy (non-hydrogen) atoms. The number of ketones is 1. The molecule has 0 unspecified atom stereocenters. The molecule has 0 aromatic carbocycles. The maximum atomic E-state index is 10.9. The van der Waals surface area contributed by atoms with Crippen LogP contribution in [-0.4, -0.2) is 16.8 Å². The van der Waals surface area contributed by atoms with Crippen molar-refractivity contribution in [3.63, 3.8) is 0 Å². The predicted molar refractivity (Wildman–Crippen MR) is 39.2 cm³/mol. The minimum Gasteiger partial charge on any atom is -0.511 e. The summed E-state index contributed by atoms with van der Waals surface area (Å²) in [5, 5.41) is 9.05. The summed E-state index contributed by atoms with van der Waals surface area (Å²) < 4.78 is 0. The van der Waals surface area contributed by atoms with Crippen LogP contribution in [0.15, 0.2) is 11.3 Å². The van der Waals surface area contributed by atoms with E-state index in [9.17, 15) is 4.79 Å². The lowest BCUT2D eigenvalue weighted by Gasteiger charge is -1.96. The van der Waals surface area contributed by atoms with Gasteiger partial charge in [0, 0.05) is 12.0 Å². The molecule has 0 amide bonds. The molecule has 1 fully saturated rings. The van der Waals surface area contributed by atoms with Gasteiger partial charge in [-0.2, -0.15) is 0 Å². The number of carbonyl (C=O) groups is 1. The van der Waals surface area contributed by atoms with E-state index in [1.165, 1.54) is 0 Å². The van der Waals surface area contributed by atoms with Gasteiger partial charge in [0.2, 0.25) is 0 Å². The van der Waals surface area contributed by atoms with Crippen molar-refractivity contribution in [1.29, 1.82) is 0 Å². The Balaban J connectivity index is 2.79. The van der Waals surface area contributed by atoms with Crippen molar-refractivity contribution in [3.05, 3.63) is 11.3 Å². The third-order valence-corrected chi connectivity index (χ3v) is 1.90. The molecular weight excluding hydrogens is 152 g/mol. The van der Waals surface area contributed by atoms with Gasteiger partial charge in [-0.25, -0.2) is 0 Å². The van der Waals surface area contributed by atoms with Gasteiger partial charge in [-0.15, -0.1) is 11.6 Å². The van der Waals surface area contributed by atoms with Crippen LogP contribution >= 0.6 is 11.6 Å². The number of Topliss-reactive ketones (excluding diaryl/α,β-unsaturated/α-hetero) is 1. The summed E-state index contributed by atoms with van der Waals surface area (Å²) >= 11 is 5.34. The highest BCUT2D eigenvalue weighted by Crippen LogP contribution is 2.22. The molecule has 0 saturated heterocycles. The number of rotatable bonds is 1. The number of hydrogen-bond donors (Lipinski definition) is 1. The Hall–Kier alpha value is -0.500. The number of hydrogen-bond acceptors (Lipinski definition) is 2. The molecular formula is C7H9ClO2. The topological polar surface area (TPSA) is 37.3 Å². The van der Waals surface area contributed by atoms with Crippen LogP contribution in [0.3, 0.4) is 0 Å². The third kappa shape index (κ3) is 1.32. The Morgan fingerprint density at radius 3 is 2.70 bits per heavy atom. The van der Waals surface area contributed by atoms with E-state index in [-0.39, 0.29) is 17.4 Å². The number of aliphatic hydroxyl groups is 1. The highest BCUT2D eigenvalue weighted by atomic mass is 35.5. The van der Waals surface area contributed by atoms with Gasteiger partial charge in [-0.05, 0) is 12.8 Å². The first-order valence-electron chi connectivity index (χ1n) is 3.26. The fraction of sp³-hybridized carbons (Fsp3) is 0.571. The van der Waals surface area contributed by atoms with E-state index >= 15 is 0 Å². The lowest BCUT2D eigenvalue weighted by atomic mass is 10.2.